The Morgan fingerprint density at radius 2 is 1.25 bits per heavy atom. The second-order valence-corrected chi connectivity index (χ2v) is 10.7. The maximum absolute atomic E-state index is 13.4. The molecule has 0 radical (unpaired) electrons. The van der Waals surface area contributed by atoms with E-state index in [2.05, 4.69) is 9.71 Å². The molecule has 3 aromatic carbocycles. The maximum atomic E-state index is 13.4. The molecule has 0 atom stereocenters. The van der Waals surface area contributed by atoms with Crippen LogP contribution < -0.4 is 34.3 Å². The van der Waals surface area contributed by atoms with Crippen LogP contribution in [-0.2, 0) is 39.5 Å². The van der Waals surface area contributed by atoms with Gasteiger partial charge in [0.15, 0.2) is 10.2 Å². The summed E-state index contributed by atoms with van der Waals surface area (Å²) in [6.07, 6.45) is 1.24. The van der Waals surface area contributed by atoms with Crippen LogP contribution in [0.15, 0.2) is 122 Å². The summed E-state index contributed by atoms with van der Waals surface area (Å²) < 4.78 is 46.5. The Kier molecular flexibility index (Phi) is 11.3. The Morgan fingerprint density at radius 3 is 1.80 bits per heavy atom. The van der Waals surface area contributed by atoms with Crippen LogP contribution in [0, 0.1) is 0 Å². The molecule has 218 valence electrons. The number of hydrogen-bond donors (Lipinski definition) is 0. The Hall–Kier alpha value is -4.42. The average molecular weight is 620 g/mol. The first-order chi connectivity index (χ1) is 20.9. The molecule has 0 bridgehead atoms. The summed E-state index contributed by atoms with van der Waals surface area (Å²) in [6.45, 7) is 0.0256. The van der Waals surface area contributed by atoms with Crippen molar-refractivity contribution in [1.29, 1.82) is 0 Å². The zero-order chi connectivity index (χ0) is 30.1. The monoisotopic (exact) mass is 619 g/mol. The smallest absolute Gasteiger partial charge is 0.492 e. The largest absolute Gasteiger partial charge is 1.00 e. The Bertz CT molecular complexity index is 1780. The molecule has 0 saturated carbocycles. The molecule has 0 saturated heterocycles. The number of rotatable bonds is 11. The fourth-order valence-electron chi connectivity index (χ4n) is 4.07. The molecule has 44 heavy (non-hydrogen) atoms. The third-order valence-electron chi connectivity index (χ3n) is 6.18. The third kappa shape index (κ3) is 8.57. The van der Waals surface area contributed by atoms with Crippen LogP contribution in [0.5, 0.6) is 5.88 Å². The van der Waals surface area contributed by atoms with Crippen molar-refractivity contribution < 1.29 is 61.8 Å². The van der Waals surface area contributed by atoms with Crippen LogP contribution in [0.2, 0.25) is 0 Å². The summed E-state index contributed by atoms with van der Waals surface area (Å²) in [5, 5.41) is 0. The van der Waals surface area contributed by atoms with Crippen molar-refractivity contribution in [3.05, 3.63) is 149 Å². The number of nitrogens with zero attached hydrogens (tertiary/aromatic N) is 3. The molecule has 0 aliphatic carbocycles. The summed E-state index contributed by atoms with van der Waals surface area (Å²) in [5.74, 6) is -0.603. The average Bonchev–Trinajstić information content (AvgIpc) is 3.50. The van der Waals surface area contributed by atoms with Gasteiger partial charge in [0.1, 0.15) is 25.5 Å². The Labute approximate surface area is 277 Å². The fraction of sp³-hybridized carbons (Fsp3) is 0.0938. The molecule has 0 fully saturated rings. The van der Waals surface area contributed by atoms with Crippen molar-refractivity contribution in [3.8, 4) is 17.0 Å². The van der Waals surface area contributed by atoms with E-state index in [1.807, 2.05) is 36.4 Å². The van der Waals surface area contributed by atoms with Gasteiger partial charge in [-0.2, -0.15) is 0 Å². The third-order valence-corrected chi connectivity index (χ3v) is 7.36. The molecule has 0 aliphatic heterocycles. The van der Waals surface area contributed by atoms with Gasteiger partial charge in [0.25, 0.3) is 0 Å². The van der Waals surface area contributed by atoms with Gasteiger partial charge in [-0.1, -0.05) is 91.0 Å². The van der Waals surface area contributed by atoms with Gasteiger partial charge in [0.05, 0.1) is 0 Å². The molecule has 0 aliphatic rings. The molecule has 0 unspecified atom stereocenters. The van der Waals surface area contributed by atoms with Gasteiger partial charge < -0.3 is 18.9 Å². The molecule has 5 aromatic rings. The van der Waals surface area contributed by atoms with E-state index >= 15 is 0 Å². The van der Waals surface area contributed by atoms with Gasteiger partial charge in [-0.05, 0) is 28.8 Å². The van der Waals surface area contributed by atoms with Gasteiger partial charge in [-0.3, -0.25) is 4.79 Å². The van der Waals surface area contributed by atoms with Crippen molar-refractivity contribution in [2.45, 2.75) is 19.8 Å². The molecule has 0 spiro atoms. The molecule has 1 amide bonds. The molecule has 2 heterocycles. The molecular weight excluding hydrogens is 593 g/mol. The second kappa shape index (κ2) is 15.3. The van der Waals surface area contributed by atoms with Gasteiger partial charge >= 0.3 is 35.5 Å². The molecule has 5 rings (SSSR count). The van der Waals surface area contributed by atoms with E-state index < -0.39 is 22.3 Å². The van der Waals surface area contributed by atoms with E-state index in [9.17, 15) is 18.0 Å². The minimum absolute atomic E-state index is 0. The van der Waals surface area contributed by atoms with Gasteiger partial charge in [0.2, 0.25) is 12.0 Å². The fourth-order valence-corrected chi connectivity index (χ4v) is 5.02. The van der Waals surface area contributed by atoms with Crippen molar-refractivity contribution in [2.75, 3.05) is 0 Å². The standard InChI is InChI=1S/C32H27N3O7S.Na/c36-31(41-22-25-12-6-2-7-13-25)30-28(27-16-17-29(33-20-27)40-21-24-10-4-1-5-11-24)18-19-35(30)43(38,39)34-32(37)42-23-26-14-8-3-9-15-26;/h1-20H,21-23H2,(H,34,37);/q;+1/p-1. The Balaban J connectivity index is 0.00000442. The van der Waals surface area contributed by atoms with Crippen molar-refractivity contribution >= 4 is 22.3 Å². The predicted octanol–water partition coefficient (Wildman–Crippen LogP) is 3.29. The predicted molar refractivity (Wildman–Crippen MR) is 158 cm³/mol. The minimum Gasteiger partial charge on any atom is -0.492 e. The number of hydrogen-bond acceptors (Lipinski definition) is 8. The van der Waals surface area contributed by atoms with E-state index in [4.69, 9.17) is 14.2 Å². The molecular formula is C32H26N3NaO7S. The summed E-state index contributed by atoms with van der Waals surface area (Å²) in [7, 11) is -4.74. The normalized spacial score (nSPS) is 10.7. The molecule has 10 nitrogen and oxygen atoms in total. The number of carbonyl (C=O) groups is 2. The molecule has 2 aromatic heterocycles. The quantitative estimate of drug-likeness (QED) is 0.163. The van der Waals surface area contributed by atoms with E-state index in [0.717, 1.165) is 11.8 Å². The zero-order valence-corrected chi connectivity index (χ0v) is 26.6. The van der Waals surface area contributed by atoms with Crippen LogP contribution in [-0.4, -0.2) is 29.4 Å². The van der Waals surface area contributed by atoms with Crippen molar-refractivity contribution in [2.24, 2.45) is 0 Å². The zero-order valence-electron chi connectivity index (χ0n) is 23.8. The number of carbonyl (C=O) groups excluding carboxylic acids is 2. The molecule has 0 N–H and O–H groups in total. The van der Waals surface area contributed by atoms with Crippen LogP contribution in [0.25, 0.3) is 15.8 Å². The summed E-state index contributed by atoms with van der Waals surface area (Å²) in [4.78, 5) is 30.0. The van der Waals surface area contributed by atoms with Gasteiger partial charge in [-0.15, -0.1) is 0 Å². The summed E-state index contributed by atoms with van der Waals surface area (Å²) in [5.41, 5.74) is 2.59. The topological polar surface area (TPSA) is 128 Å². The van der Waals surface area contributed by atoms with Crippen LogP contribution in [0.1, 0.15) is 27.2 Å². The van der Waals surface area contributed by atoms with Gasteiger partial charge in [0, 0.05) is 29.6 Å². The first-order valence-electron chi connectivity index (χ1n) is 13.1. The maximum Gasteiger partial charge on any atom is 1.00 e. The Morgan fingerprint density at radius 1 is 0.705 bits per heavy atom. The van der Waals surface area contributed by atoms with Crippen LogP contribution in [0.3, 0.4) is 0 Å². The summed E-state index contributed by atoms with van der Waals surface area (Å²) in [6, 6.07) is 31.9. The number of ether oxygens (including phenoxy) is 3. The SMILES string of the molecule is O=C([N-]S(=O)(=O)n1ccc(-c2ccc(OCc3ccccc3)nc2)c1C(=O)OCc1ccccc1)OCc1ccccc1.[Na+]. The first kappa shape index (κ1) is 32.5. The van der Waals surface area contributed by atoms with Crippen molar-refractivity contribution in [3.63, 3.8) is 0 Å². The van der Waals surface area contributed by atoms with E-state index in [1.54, 1.807) is 66.7 Å². The van der Waals surface area contributed by atoms with E-state index in [-0.39, 0.29) is 54.0 Å². The summed E-state index contributed by atoms with van der Waals surface area (Å²) >= 11 is 0. The first-order valence-corrected chi connectivity index (χ1v) is 14.5. The van der Waals surface area contributed by atoms with Gasteiger partial charge in [-0.25, -0.2) is 22.2 Å². The number of esters is 1. The molecule has 12 heteroatoms. The van der Waals surface area contributed by atoms with E-state index in [0.29, 0.717) is 33.1 Å². The number of amides is 1. The number of benzene rings is 3. The van der Waals surface area contributed by atoms with Crippen LogP contribution in [0.4, 0.5) is 4.79 Å². The number of aromatic nitrogens is 2. The number of pyridine rings is 1. The van der Waals surface area contributed by atoms with Crippen molar-refractivity contribution in [1.82, 2.24) is 8.96 Å². The minimum atomic E-state index is -4.74. The van der Waals surface area contributed by atoms with E-state index in [1.165, 1.54) is 12.3 Å². The van der Waals surface area contributed by atoms with Crippen LogP contribution >= 0.6 is 0 Å². The second-order valence-electron chi connectivity index (χ2n) is 9.20.